The molecule has 0 bridgehead atoms. The van der Waals surface area contributed by atoms with Crippen molar-refractivity contribution in [3.8, 4) is 0 Å². The van der Waals surface area contributed by atoms with Crippen molar-refractivity contribution in [2.45, 2.75) is 6.92 Å². The Morgan fingerprint density at radius 1 is 1.44 bits per heavy atom. The van der Waals surface area contributed by atoms with Gasteiger partial charge in [-0.3, -0.25) is 9.59 Å². The summed E-state index contributed by atoms with van der Waals surface area (Å²) in [6.45, 7) is 1.77. The van der Waals surface area contributed by atoms with Gasteiger partial charge in [0.1, 0.15) is 12.4 Å². The lowest BCUT2D eigenvalue weighted by Gasteiger charge is -2.16. The largest absolute Gasteiger partial charge is 0.465 e. The van der Waals surface area contributed by atoms with Gasteiger partial charge in [0.25, 0.3) is 5.91 Å². The van der Waals surface area contributed by atoms with Crippen LogP contribution in [0.3, 0.4) is 0 Å². The normalized spacial score (nSPS) is 10.0. The fourth-order valence-electron chi connectivity index (χ4n) is 1.34. The molecule has 0 aliphatic rings. The van der Waals surface area contributed by atoms with Gasteiger partial charge in [-0.15, -0.1) is 0 Å². The van der Waals surface area contributed by atoms with Crippen LogP contribution < -0.4 is 0 Å². The van der Waals surface area contributed by atoms with Gasteiger partial charge in [-0.25, -0.2) is 4.39 Å². The summed E-state index contributed by atoms with van der Waals surface area (Å²) in [5.74, 6) is -1.46. The first-order valence-corrected chi connectivity index (χ1v) is 6.11. The van der Waals surface area contributed by atoms with Crippen LogP contribution in [0.2, 0.25) is 0 Å². The average molecular weight is 318 g/mol. The van der Waals surface area contributed by atoms with Gasteiger partial charge in [0, 0.05) is 11.5 Å². The molecule has 1 rings (SSSR count). The molecular weight excluding hydrogens is 305 g/mol. The third-order valence-corrected chi connectivity index (χ3v) is 2.87. The van der Waals surface area contributed by atoms with Gasteiger partial charge in [0.15, 0.2) is 0 Å². The molecule has 0 heterocycles. The molecule has 6 heteroatoms. The van der Waals surface area contributed by atoms with Gasteiger partial charge in [-0.05, 0) is 41.1 Å². The number of amides is 1. The van der Waals surface area contributed by atoms with Crippen molar-refractivity contribution in [2.24, 2.45) is 0 Å². The Kier molecular flexibility index (Phi) is 5.27. The second kappa shape index (κ2) is 6.49. The number of hydrogen-bond acceptors (Lipinski definition) is 3. The van der Waals surface area contributed by atoms with Crippen LogP contribution in [0.1, 0.15) is 17.3 Å². The second-order valence-electron chi connectivity index (χ2n) is 3.59. The molecule has 1 amide bonds. The van der Waals surface area contributed by atoms with Gasteiger partial charge >= 0.3 is 5.97 Å². The lowest BCUT2D eigenvalue weighted by atomic mass is 10.2. The van der Waals surface area contributed by atoms with Crippen LogP contribution in [-0.4, -0.2) is 37.0 Å². The summed E-state index contributed by atoms with van der Waals surface area (Å²) in [5.41, 5.74) is 0.168. The molecular formula is C12H13BrFNO3. The number of ether oxygens (including phenoxy) is 1. The van der Waals surface area contributed by atoms with Crippen molar-refractivity contribution in [1.82, 2.24) is 4.90 Å². The Labute approximate surface area is 113 Å². The van der Waals surface area contributed by atoms with Gasteiger partial charge in [-0.2, -0.15) is 0 Å². The van der Waals surface area contributed by atoms with Crippen molar-refractivity contribution < 1.29 is 18.7 Å². The number of carbonyl (C=O) groups is 2. The summed E-state index contributed by atoms with van der Waals surface area (Å²) in [5, 5.41) is 0. The lowest BCUT2D eigenvalue weighted by molar-refractivity contribution is -0.143. The Balaban J connectivity index is 2.80. The van der Waals surface area contributed by atoms with Crippen LogP contribution >= 0.6 is 15.9 Å². The summed E-state index contributed by atoms with van der Waals surface area (Å²) in [7, 11) is 1.45. The number of rotatable bonds is 4. The zero-order valence-corrected chi connectivity index (χ0v) is 11.7. The maximum absolute atomic E-state index is 13.1. The number of likely N-dealkylation sites (N-methyl/N-ethyl adjacent to an activating group) is 1. The minimum atomic E-state index is -0.508. The quantitative estimate of drug-likeness (QED) is 0.800. The van der Waals surface area contributed by atoms with Crippen LogP contribution in [0, 0.1) is 5.82 Å². The SMILES string of the molecule is CCOC(=O)CN(C)C(=O)c1cc(F)ccc1Br. The Bertz CT molecular complexity index is 465. The van der Waals surface area contributed by atoms with E-state index in [2.05, 4.69) is 15.9 Å². The Morgan fingerprint density at radius 2 is 2.11 bits per heavy atom. The summed E-state index contributed by atoms with van der Waals surface area (Å²) in [6, 6.07) is 3.81. The lowest BCUT2D eigenvalue weighted by Crippen LogP contribution is -2.33. The van der Waals surface area contributed by atoms with Crippen molar-refractivity contribution >= 4 is 27.8 Å². The highest BCUT2D eigenvalue weighted by Crippen LogP contribution is 2.19. The van der Waals surface area contributed by atoms with Crippen molar-refractivity contribution in [3.63, 3.8) is 0 Å². The minimum Gasteiger partial charge on any atom is -0.465 e. The van der Waals surface area contributed by atoms with Gasteiger partial charge in [0.2, 0.25) is 0 Å². The van der Waals surface area contributed by atoms with Crippen molar-refractivity contribution in [1.29, 1.82) is 0 Å². The van der Waals surface area contributed by atoms with Crippen LogP contribution in [0.15, 0.2) is 22.7 Å². The van der Waals surface area contributed by atoms with Gasteiger partial charge in [0.05, 0.1) is 12.2 Å². The van der Waals surface area contributed by atoms with Crippen LogP contribution in [-0.2, 0) is 9.53 Å². The van der Waals surface area contributed by atoms with Gasteiger partial charge < -0.3 is 9.64 Å². The summed E-state index contributed by atoms with van der Waals surface area (Å²) >= 11 is 3.17. The molecule has 0 saturated carbocycles. The summed E-state index contributed by atoms with van der Waals surface area (Å²) in [6.07, 6.45) is 0. The van der Waals surface area contributed by atoms with E-state index in [1.807, 2.05) is 0 Å². The van der Waals surface area contributed by atoms with Gasteiger partial charge in [-0.1, -0.05) is 0 Å². The summed E-state index contributed by atoms with van der Waals surface area (Å²) < 4.78 is 18.3. The highest BCUT2D eigenvalue weighted by atomic mass is 79.9. The maximum Gasteiger partial charge on any atom is 0.325 e. The average Bonchev–Trinajstić information content (AvgIpc) is 2.31. The third kappa shape index (κ3) is 3.80. The monoisotopic (exact) mass is 317 g/mol. The van der Waals surface area contributed by atoms with E-state index in [1.54, 1.807) is 6.92 Å². The highest BCUT2D eigenvalue weighted by molar-refractivity contribution is 9.10. The van der Waals surface area contributed by atoms with E-state index in [0.29, 0.717) is 4.47 Å². The molecule has 1 aromatic rings. The standard InChI is InChI=1S/C12H13BrFNO3/c1-3-18-11(16)7-15(2)12(17)9-6-8(14)4-5-10(9)13/h4-6H,3,7H2,1-2H3. The molecule has 0 aliphatic heterocycles. The third-order valence-electron chi connectivity index (χ3n) is 2.18. The Morgan fingerprint density at radius 3 is 2.72 bits per heavy atom. The molecule has 0 N–H and O–H groups in total. The number of halogens is 2. The first-order valence-electron chi connectivity index (χ1n) is 5.31. The topological polar surface area (TPSA) is 46.6 Å². The smallest absolute Gasteiger partial charge is 0.325 e. The molecule has 0 spiro atoms. The molecule has 0 aromatic heterocycles. The first kappa shape index (κ1) is 14.6. The molecule has 0 unspecified atom stereocenters. The molecule has 18 heavy (non-hydrogen) atoms. The number of carbonyl (C=O) groups excluding carboxylic acids is 2. The molecule has 0 fully saturated rings. The minimum absolute atomic E-state index is 0.168. The van der Waals surface area contributed by atoms with E-state index >= 15 is 0 Å². The van der Waals surface area contributed by atoms with Crippen LogP contribution in [0.25, 0.3) is 0 Å². The molecule has 0 saturated heterocycles. The van der Waals surface area contributed by atoms with E-state index in [4.69, 9.17) is 4.74 Å². The second-order valence-corrected chi connectivity index (χ2v) is 4.44. The molecule has 1 aromatic carbocycles. The predicted octanol–water partition coefficient (Wildman–Crippen LogP) is 2.22. The molecule has 4 nitrogen and oxygen atoms in total. The maximum atomic E-state index is 13.1. The van der Waals surface area contributed by atoms with Crippen molar-refractivity contribution in [2.75, 3.05) is 20.2 Å². The first-order chi connectivity index (χ1) is 8.45. The molecule has 0 atom stereocenters. The van der Waals surface area contributed by atoms with E-state index in [-0.39, 0.29) is 18.7 Å². The molecule has 0 radical (unpaired) electrons. The zero-order valence-electron chi connectivity index (χ0n) is 10.1. The molecule has 98 valence electrons. The highest BCUT2D eigenvalue weighted by Gasteiger charge is 2.18. The van der Waals surface area contributed by atoms with Crippen molar-refractivity contribution in [3.05, 3.63) is 34.1 Å². The van der Waals surface area contributed by atoms with E-state index in [1.165, 1.54) is 24.1 Å². The summed E-state index contributed by atoms with van der Waals surface area (Å²) in [4.78, 5) is 24.4. The van der Waals surface area contributed by atoms with Crippen LogP contribution in [0.5, 0.6) is 0 Å². The van der Waals surface area contributed by atoms with E-state index in [0.717, 1.165) is 6.07 Å². The zero-order chi connectivity index (χ0) is 13.7. The van der Waals surface area contributed by atoms with Crippen LogP contribution in [0.4, 0.5) is 4.39 Å². The molecule has 0 aliphatic carbocycles. The predicted molar refractivity (Wildman–Crippen MR) is 67.7 cm³/mol. The number of nitrogens with zero attached hydrogens (tertiary/aromatic N) is 1. The van der Waals surface area contributed by atoms with E-state index in [9.17, 15) is 14.0 Å². The fraction of sp³-hybridized carbons (Fsp3) is 0.333. The fourth-order valence-corrected chi connectivity index (χ4v) is 1.76. The number of hydrogen-bond donors (Lipinski definition) is 0. The number of benzene rings is 1. The van der Waals surface area contributed by atoms with E-state index < -0.39 is 17.7 Å². The Hall–Kier alpha value is -1.43. The number of esters is 1.